The van der Waals surface area contributed by atoms with Crippen LogP contribution < -0.4 is 4.74 Å². The molecule has 0 aromatic heterocycles. The predicted octanol–water partition coefficient (Wildman–Crippen LogP) is 3.20. The molecule has 1 rings (SSSR count). The Labute approximate surface area is 116 Å². The van der Waals surface area contributed by atoms with Crippen molar-refractivity contribution in [3.8, 4) is 5.75 Å². The molecule has 0 fully saturated rings. The third-order valence-electron chi connectivity index (χ3n) is 3.73. The number of hydrogen-bond acceptors (Lipinski definition) is 3. The van der Waals surface area contributed by atoms with E-state index in [2.05, 4.69) is 31.7 Å². The molecule has 0 aliphatic heterocycles. The van der Waals surface area contributed by atoms with Gasteiger partial charge < -0.3 is 9.64 Å². The highest BCUT2D eigenvalue weighted by molar-refractivity contribution is 5.76. The van der Waals surface area contributed by atoms with Crippen LogP contribution in [0.2, 0.25) is 0 Å². The van der Waals surface area contributed by atoms with Crippen LogP contribution in [0.4, 0.5) is 0 Å². The molecule has 0 aliphatic rings. The summed E-state index contributed by atoms with van der Waals surface area (Å²) in [5, 5.41) is 0. The van der Waals surface area contributed by atoms with Gasteiger partial charge in [0.1, 0.15) is 11.5 Å². The van der Waals surface area contributed by atoms with Gasteiger partial charge in [0.05, 0.1) is 7.11 Å². The van der Waals surface area contributed by atoms with Crippen molar-refractivity contribution >= 4 is 5.78 Å². The quantitative estimate of drug-likeness (QED) is 0.817. The summed E-state index contributed by atoms with van der Waals surface area (Å²) in [6.45, 7) is 7.87. The van der Waals surface area contributed by atoms with Crippen LogP contribution in [-0.4, -0.2) is 31.9 Å². The number of ketones is 1. The Morgan fingerprint density at radius 1 is 1.26 bits per heavy atom. The molecule has 0 amide bonds. The maximum Gasteiger partial charge on any atom is 0.131 e. The predicted molar refractivity (Wildman–Crippen MR) is 78.9 cm³/mol. The van der Waals surface area contributed by atoms with Crippen molar-refractivity contribution in [2.24, 2.45) is 0 Å². The Balaban J connectivity index is 3.36. The molecule has 3 nitrogen and oxygen atoms in total. The second kappa shape index (κ2) is 6.20. The van der Waals surface area contributed by atoms with Crippen LogP contribution in [0.25, 0.3) is 0 Å². The standard InChI is InChI=1S/C16H25NO2/c1-10-8-14(12(3)13(4)16(10)19-7)15(17(5)6)9-11(2)18/h8,15H,9H2,1-7H3. The lowest BCUT2D eigenvalue weighted by Crippen LogP contribution is -2.23. The van der Waals surface area contributed by atoms with Crippen molar-refractivity contribution < 1.29 is 9.53 Å². The fraction of sp³-hybridized carbons (Fsp3) is 0.562. The SMILES string of the molecule is COc1c(C)cc(C(CC(C)=O)N(C)C)c(C)c1C. The van der Waals surface area contributed by atoms with E-state index in [0.29, 0.717) is 6.42 Å². The van der Waals surface area contributed by atoms with Gasteiger partial charge in [0.15, 0.2) is 0 Å². The molecule has 0 N–H and O–H groups in total. The molecular formula is C16H25NO2. The molecule has 1 atom stereocenters. The van der Waals surface area contributed by atoms with Crippen LogP contribution in [0.1, 0.15) is 41.6 Å². The molecule has 0 saturated carbocycles. The lowest BCUT2D eigenvalue weighted by atomic mass is 9.91. The van der Waals surface area contributed by atoms with E-state index >= 15 is 0 Å². The zero-order valence-electron chi connectivity index (χ0n) is 13.1. The first-order chi connectivity index (χ1) is 8.79. The van der Waals surface area contributed by atoms with Gasteiger partial charge in [-0.15, -0.1) is 0 Å². The Morgan fingerprint density at radius 2 is 1.84 bits per heavy atom. The highest BCUT2D eigenvalue weighted by atomic mass is 16.5. The van der Waals surface area contributed by atoms with Gasteiger partial charge in [-0.2, -0.15) is 0 Å². The number of nitrogens with zero attached hydrogens (tertiary/aromatic N) is 1. The summed E-state index contributed by atoms with van der Waals surface area (Å²) in [7, 11) is 5.73. The fourth-order valence-electron chi connectivity index (χ4n) is 2.59. The summed E-state index contributed by atoms with van der Waals surface area (Å²) >= 11 is 0. The zero-order valence-corrected chi connectivity index (χ0v) is 13.1. The minimum absolute atomic E-state index is 0.126. The third kappa shape index (κ3) is 3.35. The second-order valence-electron chi connectivity index (χ2n) is 5.45. The molecule has 0 spiro atoms. The molecule has 1 aromatic rings. The molecule has 0 aliphatic carbocycles. The first-order valence-electron chi connectivity index (χ1n) is 6.60. The number of ether oxygens (including phenoxy) is 1. The van der Waals surface area contributed by atoms with Crippen molar-refractivity contribution in [2.45, 2.75) is 40.2 Å². The molecule has 106 valence electrons. The van der Waals surface area contributed by atoms with Gasteiger partial charge in [-0.3, -0.25) is 4.79 Å². The molecule has 0 radical (unpaired) electrons. The number of Topliss-reactive ketones (excluding diaryl/α,β-unsaturated/α-hetero) is 1. The van der Waals surface area contributed by atoms with E-state index in [4.69, 9.17) is 4.74 Å². The van der Waals surface area contributed by atoms with E-state index < -0.39 is 0 Å². The van der Waals surface area contributed by atoms with Crippen molar-refractivity contribution in [3.05, 3.63) is 28.3 Å². The molecule has 3 heteroatoms. The van der Waals surface area contributed by atoms with E-state index in [1.165, 1.54) is 11.1 Å². The Hall–Kier alpha value is -1.35. The fourth-order valence-corrected chi connectivity index (χ4v) is 2.59. The molecule has 0 heterocycles. The van der Waals surface area contributed by atoms with Crippen LogP contribution >= 0.6 is 0 Å². The van der Waals surface area contributed by atoms with Crippen molar-refractivity contribution in [3.63, 3.8) is 0 Å². The normalized spacial score (nSPS) is 12.6. The number of benzene rings is 1. The van der Waals surface area contributed by atoms with Gasteiger partial charge in [0, 0.05) is 12.5 Å². The monoisotopic (exact) mass is 263 g/mol. The van der Waals surface area contributed by atoms with E-state index in [-0.39, 0.29) is 11.8 Å². The van der Waals surface area contributed by atoms with Crippen LogP contribution in [0, 0.1) is 20.8 Å². The van der Waals surface area contributed by atoms with E-state index in [9.17, 15) is 4.79 Å². The summed E-state index contributed by atoms with van der Waals surface area (Å²) in [6, 6.07) is 2.27. The minimum Gasteiger partial charge on any atom is -0.496 e. The Bertz CT molecular complexity index is 478. The van der Waals surface area contributed by atoms with E-state index in [1.807, 2.05) is 14.1 Å². The molecule has 19 heavy (non-hydrogen) atoms. The zero-order chi connectivity index (χ0) is 14.7. The van der Waals surface area contributed by atoms with Crippen molar-refractivity contribution in [2.75, 3.05) is 21.2 Å². The summed E-state index contributed by atoms with van der Waals surface area (Å²) in [6.07, 6.45) is 0.541. The Kier molecular flexibility index (Phi) is 5.12. The van der Waals surface area contributed by atoms with Crippen LogP contribution in [0.15, 0.2) is 6.07 Å². The summed E-state index contributed by atoms with van der Waals surface area (Å²) in [5.41, 5.74) is 4.71. The third-order valence-corrected chi connectivity index (χ3v) is 3.73. The lowest BCUT2D eigenvalue weighted by Gasteiger charge is -2.27. The number of aryl methyl sites for hydroxylation is 1. The average molecular weight is 263 g/mol. The Morgan fingerprint density at radius 3 is 2.26 bits per heavy atom. The van der Waals surface area contributed by atoms with Gasteiger partial charge in [0.2, 0.25) is 0 Å². The lowest BCUT2D eigenvalue weighted by molar-refractivity contribution is -0.118. The maximum absolute atomic E-state index is 11.5. The summed E-state index contributed by atoms with van der Waals surface area (Å²) in [4.78, 5) is 13.6. The highest BCUT2D eigenvalue weighted by Crippen LogP contribution is 2.34. The number of methoxy groups -OCH3 is 1. The van der Waals surface area contributed by atoms with Crippen molar-refractivity contribution in [1.82, 2.24) is 4.90 Å². The number of hydrogen-bond donors (Lipinski definition) is 0. The molecule has 0 saturated heterocycles. The first-order valence-corrected chi connectivity index (χ1v) is 6.60. The largest absolute Gasteiger partial charge is 0.496 e. The smallest absolute Gasteiger partial charge is 0.131 e. The molecule has 1 aromatic carbocycles. The maximum atomic E-state index is 11.5. The van der Waals surface area contributed by atoms with Gasteiger partial charge in [-0.05, 0) is 64.0 Å². The number of rotatable bonds is 5. The number of carbonyl (C=O) groups excluding carboxylic acids is 1. The van der Waals surface area contributed by atoms with Gasteiger partial charge in [-0.1, -0.05) is 6.07 Å². The molecule has 0 bridgehead atoms. The summed E-state index contributed by atoms with van der Waals surface area (Å²) in [5.74, 6) is 1.16. The van der Waals surface area contributed by atoms with Crippen LogP contribution in [0.3, 0.4) is 0 Å². The first kappa shape index (κ1) is 15.7. The van der Waals surface area contributed by atoms with Crippen molar-refractivity contribution in [1.29, 1.82) is 0 Å². The highest BCUT2D eigenvalue weighted by Gasteiger charge is 2.21. The van der Waals surface area contributed by atoms with Gasteiger partial charge in [-0.25, -0.2) is 0 Å². The van der Waals surface area contributed by atoms with Gasteiger partial charge in [0.25, 0.3) is 0 Å². The minimum atomic E-state index is 0.126. The molecule has 1 unspecified atom stereocenters. The van der Waals surface area contributed by atoms with Gasteiger partial charge >= 0.3 is 0 Å². The van der Waals surface area contributed by atoms with E-state index in [1.54, 1.807) is 14.0 Å². The molecular weight excluding hydrogens is 238 g/mol. The summed E-state index contributed by atoms with van der Waals surface area (Å²) < 4.78 is 5.45. The number of carbonyl (C=O) groups is 1. The van der Waals surface area contributed by atoms with Crippen LogP contribution in [-0.2, 0) is 4.79 Å². The average Bonchev–Trinajstić information content (AvgIpc) is 2.31. The topological polar surface area (TPSA) is 29.5 Å². The van der Waals surface area contributed by atoms with Crippen LogP contribution in [0.5, 0.6) is 5.75 Å². The van der Waals surface area contributed by atoms with E-state index in [0.717, 1.165) is 16.9 Å². The second-order valence-corrected chi connectivity index (χ2v) is 5.45.